The van der Waals surface area contributed by atoms with Gasteiger partial charge in [0, 0.05) is 23.0 Å². The van der Waals surface area contributed by atoms with Gasteiger partial charge < -0.3 is 9.30 Å². The van der Waals surface area contributed by atoms with Crippen LogP contribution in [0.2, 0.25) is 0 Å². The van der Waals surface area contributed by atoms with Gasteiger partial charge >= 0.3 is 0 Å². The third-order valence-electron chi connectivity index (χ3n) is 6.60. The highest BCUT2D eigenvalue weighted by Gasteiger charge is 2.38. The van der Waals surface area contributed by atoms with Crippen molar-refractivity contribution in [3.05, 3.63) is 52.9 Å². The first-order valence-corrected chi connectivity index (χ1v) is 12.7. The average Bonchev–Trinajstić information content (AvgIpc) is 3.38. The molecule has 1 fully saturated rings. The monoisotopic (exact) mass is 475 g/mol. The summed E-state index contributed by atoms with van der Waals surface area (Å²) in [7, 11) is 0. The minimum Gasteiger partial charge on any atom is -0.494 e. The lowest BCUT2D eigenvalue weighted by Gasteiger charge is -2.20. The van der Waals surface area contributed by atoms with Crippen LogP contribution in [0, 0.1) is 25.2 Å². The Hall–Kier alpha value is -3.13. The predicted octanol–water partition coefficient (Wildman–Crippen LogP) is 5.69. The number of carbonyl (C=O) groups is 1. The summed E-state index contributed by atoms with van der Waals surface area (Å²) in [5, 5.41) is 16.5. The summed E-state index contributed by atoms with van der Waals surface area (Å²) in [5.74, 6) is 0.965. The van der Waals surface area contributed by atoms with Crippen molar-refractivity contribution in [2.75, 3.05) is 6.61 Å². The molecule has 0 bridgehead atoms. The van der Waals surface area contributed by atoms with Crippen LogP contribution < -0.4 is 4.74 Å². The Kier molecular flexibility index (Phi) is 6.16. The molecule has 1 saturated carbocycles. The normalized spacial score (nSPS) is 20.0. The van der Waals surface area contributed by atoms with Crippen LogP contribution in [0.15, 0.2) is 46.0 Å². The minimum absolute atomic E-state index is 0.0965. The number of fused-ring (bicyclic) bond motifs is 1. The zero-order valence-corrected chi connectivity index (χ0v) is 20.6. The van der Waals surface area contributed by atoms with Crippen LogP contribution in [0.3, 0.4) is 0 Å². The number of hydrogen-bond donors (Lipinski definition) is 1. The Morgan fingerprint density at radius 1 is 1.18 bits per heavy atom. The highest BCUT2D eigenvalue weighted by atomic mass is 32.2. The Balaban J connectivity index is 1.44. The molecule has 1 aromatic heterocycles. The van der Waals surface area contributed by atoms with Gasteiger partial charge in [-0.3, -0.25) is 10.2 Å². The highest BCUT2D eigenvalue weighted by Crippen LogP contribution is 2.36. The van der Waals surface area contributed by atoms with E-state index >= 15 is 0 Å². The number of ether oxygens (including phenoxy) is 1. The van der Waals surface area contributed by atoms with Crippen molar-refractivity contribution in [3.63, 3.8) is 0 Å². The molecule has 0 saturated heterocycles. The molecule has 3 heterocycles. The van der Waals surface area contributed by atoms with Gasteiger partial charge in [-0.15, -0.1) is 0 Å². The molecule has 0 radical (unpaired) electrons. The van der Waals surface area contributed by atoms with E-state index in [1.54, 1.807) is 6.08 Å². The second-order valence-corrected chi connectivity index (χ2v) is 9.87. The number of amides is 1. The van der Waals surface area contributed by atoms with E-state index in [1.165, 1.54) is 36.0 Å². The van der Waals surface area contributed by atoms with E-state index in [2.05, 4.69) is 9.56 Å². The summed E-state index contributed by atoms with van der Waals surface area (Å²) in [6, 6.07) is 10.00. The van der Waals surface area contributed by atoms with Crippen LogP contribution >= 0.6 is 11.8 Å². The number of benzene rings is 1. The molecule has 5 rings (SSSR count). The van der Waals surface area contributed by atoms with Gasteiger partial charge in [-0.1, -0.05) is 19.3 Å². The molecule has 1 aliphatic carbocycles. The lowest BCUT2D eigenvalue weighted by atomic mass is 9.90. The number of rotatable bonds is 5. The van der Waals surface area contributed by atoms with Crippen molar-refractivity contribution < 1.29 is 9.53 Å². The first-order chi connectivity index (χ1) is 16.5. The van der Waals surface area contributed by atoms with E-state index < -0.39 is 0 Å². The van der Waals surface area contributed by atoms with Crippen molar-refractivity contribution in [1.29, 1.82) is 5.41 Å². The maximum absolute atomic E-state index is 12.9. The van der Waals surface area contributed by atoms with E-state index in [0.717, 1.165) is 46.3 Å². The van der Waals surface area contributed by atoms with Gasteiger partial charge in [0.05, 0.1) is 12.2 Å². The number of aromatic nitrogens is 1. The summed E-state index contributed by atoms with van der Waals surface area (Å²) in [6.07, 6.45) is 7.71. The first kappa shape index (κ1) is 22.7. The molecule has 2 aromatic rings. The van der Waals surface area contributed by atoms with Gasteiger partial charge in [0.25, 0.3) is 5.91 Å². The molecule has 1 amide bonds. The number of carbonyl (C=O) groups excluding carboxylic acids is 1. The number of hydrogen-bond acceptors (Lipinski definition) is 5. The summed E-state index contributed by atoms with van der Waals surface area (Å²) < 4.78 is 7.70. The number of nitrogens with one attached hydrogen (secondary N) is 1. The number of aliphatic imine (C=N–C) groups is 1. The molecule has 8 heteroatoms. The maximum Gasteiger partial charge on any atom is 0.283 e. The van der Waals surface area contributed by atoms with Crippen molar-refractivity contribution in [3.8, 4) is 11.4 Å². The molecule has 7 nitrogen and oxygen atoms in total. The van der Waals surface area contributed by atoms with Gasteiger partial charge in [-0.25, -0.2) is 0 Å². The number of hydrazone groups is 1. The second kappa shape index (κ2) is 9.25. The SMILES string of the molecule is CCOc1ccc(-n2c(C)cc(/C=C3\C(=N)N4N=C(C5CCCCC5)SC4=NC3=O)c2C)cc1. The van der Waals surface area contributed by atoms with Crippen LogP contribution in [-0.4, -0.2) is 38.1 Å². The Labute approximate surface area is 204 Å². The molecular weight excluding hydrogens is 446 g/mol. The molecule has 0 spiro atoms. The van der Waals surface area contributed by atoms with E-state index in [1.807, 2.05) is 51.1 Å². The van der Waals surface area contributed by atoms with Crippen molar-refractivity contribution >= 4 is 39.8 Å². The van der Waals surface area contributed by atoms with Crippen LogP contribution in [-0.2, 0) is 4.79 Å². The zero-order chi connectivity index (χ0) is 23.8. The predicted molar refractivity (Wildman–Crippen MR) is 138 cm³/mol. The van der Waals surface area contributed by atoms with Crippen molar-refractivity contribution in [1.82, 2.24) is 9.58 Å². The van der Waals surface area contributed by atoms with Crippen LogP contribution in [0.4, 0.5) is 0 Å². The van der Waals surface area contributed by atoms with Crippen LogP contribution in [0.5, 0.6) is 5.75 Å². The maximum atomic E-state index is 12.9. The average molecular weight is 476 g/mol. The minimum atomic E-state index is -0.380. The Bertz CT molecular complexity index is 1230. The Morgan fingerprint density at radius 2 is 1.91 bits per heavy atom. The molecule has 0 unspecified atom stereocenters. The number of aryl methyl sites for hydroxylation is 1. The molecule has 3 aliphatic rings. The van der Waals surface area contributed by atoms with Gasteiger partial charge in [0.1, 0.15) is 10.8 Å². The van der Waals surface area contributed by atoms with E-state index in [0.29, 0.717) is 17.7 Å². The van der Waals surface area contributed by atoms with Gasteiger partial charge in [-0.05, 0) is 87.3 Å². The smallest absolute Gasteiger partial charge is 0.283 e. The van der Waals surface area contributed by atoms with E-state index in [-0.39, 0.29) is 17.3 Å². The fourth-order valence-electron chi connectivity index (χ4n) is 4.87. The van der Waals surface area contributed by atoms with Gasteiger partial charge in [0.2, 0.25) is 5.17 Å². The standard InChI is InChI=1S/C26H29N5O2S/c1-4-33-21-12-10-20(11-13-21)30-16(2)14-19(17(30)3)15-22-23(27)31-26(28-24(22)32)34-25(29-31)18-8-6-5-7-9-18/h10-15,18,27H,4-9H2,1-3H3/b22-15+,27-23?. The summed E-state index contributed by atoms with van der Waals surface area (Å²) in [6.45, 7) is 6.65. The third-order valence-corrected chi connectivity index (χ3v) is 7.67. The fourth-order valence-corrected chi connectivity index (χ4v) is 5.93. The fraction of sp³-hybridized carbons (Fsp3) is 0.385. The molecule has 2 aliphatic heterocycles. The molecule has 1 aromatic carbocycles. The molecule has 176 valence electrons. The van der Waals surface area contributed by atoms with Gasteiger partial charge in [0.15, 0.2) is 5.84 Å². The molecule has 0 atom stereocenters. The topological polar surface area (TPSA) is 83.0 Å². The van der Waals surface area contributed by atoms with Crippen LogP contribution in [0.1, 0.15) is 56.0 Å². The van der Waals surface area contributed by atoms with Crippen LogP contribution in [0.25, 0.3) is 11.8 Å². The van der Waals surface area contributed by atoms with Crippen molar-refractivity contribution in [2.45, 2.75) is 52.9 Å². The lowest BCUT2D eigenvalue weighted by molar-refractivity contribution is -0.114. The Morgan fingerprint density at radius 3 is 2.62 bits per heavy atom. The number of amidine groups is 2. The third kappa shape index (κ3) is 4.11. The number of thioether (sulfide) groups is 1. The first-order valence-electron chi connectivity index (χ1n) is 11.9. The second-order valence-electron chi connectivity index (χ2n) is 8.88. The molecule has 34 heavy (non-hydrogen) atoms. The van der Waals surface area contributed by atoms with E-state index in [9.17, 15) is 4.79 Å². The highest BCUT2D eigenvalue weighted by molar-refractivity contribution is 8.27. The largest absolute Gasteiger partial charge is 0.494 e. The quantitative estimate of drug-likeness (QED) is 0.563. The molecule has 1 N–H and O–H groups in total. The summed E-state index contributed by atoms with van der Waals surface area (Å²) in [4.78, 5) is 17.2. The summed E-state index contributed by atoms with van der Waals surface area (Å²) in [5.41, 5.74) is 4.21. The number of nitrogens with zero attached hydrogens (tertiary/aromatic N) is 4. The summed E-state index contributed by atoms with van der Waals surface area (Å²) >= 11 is 1.45. The van der Waals surface area contributed by atoms with Gasteiger partial charge in [-0.2, -0.15) is 15.1 Å². The molecular formula is C26H29N5O2S. The zero-order valence-electron chi connectivity index (χ0n) is 19.8. The van der Waals surface area contributed by atoms with E-state index in [4.69, 9.17) is 15.2 Å². The lowest BCUT2D eigenvalue weighted by Crippen LogP contribution is -2.35. The van der Waals surface area contributed by atoms with Crippen molar-refractivity contribution in [2.24, 2.45) is 16.0 Å².